The highest BCUT2D eigenvalue weighted by Gasteiger charge is 2.22. The molecule has 1 aliphatic rings. The van der Waals surface area contributed by atoms with E-state index in [2.05, 4.69) is 43.8 Å². The molecule has 2 aromatic rings. The van der Waals surface area contributed by atoms with Crippen molar-refractivity contribution < 1.29 is 14.6 Å². The van der Waals surface area contributed by atoms with Crippen molar-refractivity contribution in [2.75, 3.05) is 47.4 Å². The Morgan fingerprint density at radius 2 is 1.74 bits per heavy atom. The number of piperidine rings is 1. The van der Waals surface area contributed by atoms with Gasteiger partial charge in [0.1, 0.15) is 17.1 Å². The fourth-order valence-electron chi connectivity index (χ4n) is 2.95. The molecular weight excluding hydrogens is 476 g/mol. The van der Waals surface area contributed by atoms with Crippen LogP contribution in [-0.4, -0.2) is 62.7 Å². The van der Waals surface area contributed by atoms with Crippen molar-refractivity contribution in [1.29, 1.82) is 0 Å². The van der Waals surface area contributed by atoms with Gasteiger partial charge in [-0.1, -0.05) is 19.9 Å². The molecule has 0 atom stereocenters. The predicted molar refractivity (Wildman–Crippen MR) is 125 cm³/mol. The molecule has 7 heteroatoms. The molecule has 2 N–H and O–H groups in total. The van der Waals surface area contributed by atoms with Crippen LogP contribution < -0.4 is 4.74 Å². The highest BCUT2D eigenvalue weighted by molar-refractivity contribution is 8.93. The summed E-state index contributed by atoms with van der Waals surface area (Å²) in [7, 11) is 5.99. The molecule has 3 rings (SSSR count). The van der Waals surface area contributed by atoms with E-state index in [1.807, 2.05) is 18.2 Å². The van der Waals surface area contributed by atoms with Crippen LogP contribution in [0.4, 0.5) is 0 Å². The smallest absolute Gasteiger partial charge is 0.138 e. The topological polar surface area (TPSA) is 60.4 Å². The molecular formula is C20H36Br2N2O3. The lowest BCUT2D eigenvalue weighted by Gasteiger charge is -2.27. The molecule has 158 valence electrons. The summed E-state index contributed by atoms with van der Waals surface area (Å²) < 4.78 is 11.4. The number of hydrogen-bond acceptors (Lipinski definition) is 4. The van der Waals surface area contributed by atoms with Crippen molar-refractivity contribution in [2.45, 2.75) is 32.6 Å². The zero-order valence-corrected chi connectivity index (χ0v) is 20.6. The molecule has 1 aromatic carbocycles. The molecule has 0 saturated carbocycles. The van der Waals surface area contributed by atoms with Gasteiger partial charge >= 0.3 is 0 Å². The molecule has 1 fully saturated rings. The lowest BCUT2D eigenvalue weighted by Crippen LogP contribution is -2.29. The number of rotatable bonds is 4. The van der Waals surface area contributed by atoms with Crippen LogP contribution >= 0.6 is 34.0 Å². The van der Waals surface area contributed by atoms with Gasteiger partial charge in [-0.05, 0) is 71.3 Å². The van der Waals surface area contributed by atoms with Crippen LogP contribution in [0.1, 0.15) is 38.4 Å². The van der Waals surface area contributed by atoms with Gasteiger partial charge in [0, 0.05) is 5.92 Å². The summed E-state index contributed by atoms with van der Waals surface area (Å²) in [6.45, 7) is 8.94. The minimum absolute atomic E-state index is 0. The van der Waals surface area contributed by atoms with E-state index >= 15 is 0 Å². The maximum Gasteiger partial charge on any atom is 0.138 e. The first kappa shape index (κ1) is 28.6. The first-order chi connectivity index (χ1) is 11.6. The Kier molecular flexibility index (Phi) is 15.3. The third-order valence-electron chi connectivity index (χ3n) is 4.96. The summed E-state index contributed by atoms with van der Waals surface area (Å²) in [5.74, 6) is 2.57. The fraction of sp³-hybridized carbons (Fsp3) is 0.600. The monoisotopic (exact) mass is 510 g/mol. The third kappa shape index (κ3) is 8.11. The van der Waals surface area contributed by atoms with Gasteiger partial charge in [-0.2, -0.15) is 0 Å². The number of benzene rings is 1. The Labute approximate surface area is 184 Å². The summed E-state index contributed by atoms with van der Waals surface area (Å²) in [5.41, 5.74) is 0.934. The van der Waals surface area contributed by atoms with Gasteiger partial charge in [-0.15, -0.1) is 34.0 Å². The zero-order chi connectivity index (χ0) is 17.5. The molecule has 1 saturated heterocycles. The van der Waals surface area contributed by atoms with Gasteiger partial charge < -0.3 is 24.4 Å². The Morgan fingerprint density at radius 1 is 1.15 bits per heavy atom. The van der Waals surface area contributed by atoms with Gasteiger partial charge in [0.2, 0.25) is 0 Å². The first-order valence-corrected chi connectivity index (χ1v) is 9.02. The highest BCUT2D eigenvalue weighted by Crippen LogP contribution is 2.35. The number of furan rings is 1. The zero-order valence-electron chi connectivity index (χ0n) is 17.2. The summed E-state index contributed by atoms with van der Waals surface area (Å²) in [4.78, 5) is 4.62. The molecule has 0 amide bonds. The molecule has 5 nitrogen and oxygen atoms in total. The first-order valence-electron chi connectivity index (χ1n) is 9.02. The van der Waals surface area contributed by atoms with E-state index < -0.39 is 0 Å². The second kappa shape index (κ2) is 14.4. The van der Waals surface area contributed by atoms with Crippen LogP contribution in [0.2, 0.25) is 0 Å². The quantitative estimate of drug-likeness (QED) is 0.604. The Morgan fingerprint density at radius 3 is 2.22 bits per heavy atom. The van der Waals surface area contributed by atoms with Gasteiger partial charge in [-0.25, -0.2) is 0 Å². The molecule has 1 aliphatic heterocycles. The molecule has 0 aliphatic carbocycles. The SMILES string of the molecule is Br.Br.CCN(C)CC.COc1cccc2oc(C3CCN(C)CC3)cc12.O. The largest absolute Gasteiger partial charge is 0.496 e. The number of fused-ring (bicyclic) bond motifs is 1. The van der Waals surface area contributed by atoms with Crippen LogP contribution in [0, 0.1) is 0 Å². The van der Waals surface area contributed by atoms with Crippen LogP contribution in [-0.2, 0) is 0 Å². The molecule has 0 spiro atoms. The summed E-state index contributed by atoms with van der Waals surface area (Å²) in [6, 6.07) is 8.12. The number of halogens is 2. The number of ether oxygens (including phenoxy) is 1. The average Bonchev–Trinajstić information content (AvgIpc) is 3.06. The second-order valence-electron chi connectivity index (χ2n) is 6.59. The van der Waals surface area contributed by atoms with Crippen molar-refractivity contribution in [3.8, 4) is 5.75 Å². The molecule has 0 radical (unpaired) electrons. The van der Waals surface area contributed by atoms with Gasteiger partial charge in [0.05, 0.1) is 12.5 Å². The number of hydrogen-bond donors (Lipinski definition) is 0. The lowest BCUT2D eigenvalue weighted by molar-refractivity contribution is 0.242. The van der Waals surface area contributed by atoms with E-state index in [9.17, 15) is 0 Å². The van der Waals surface area contributed by atoms with E-state index in [4.69, 9.17) is 9.15 Å². The van der Waals surface area contributed by atoms with E-state index in [1.165, 1.54) is 12.8 Å². The van der Waals surface area contributed by atoms with Crippen LogP contribution in [0.25, 0.3) is 11.0 Å². The summed E-state index contributed by atoms with van der Waals surface area (Å²) in [5, 5.41) is 1.09. The van der Waals surface area contributed by atoms with Gasteiger partial charge in [0.25, 0.3) is 0 Å². The molecule has 2 heterocycles. The minimum atomic E-state index is 0. The highest BCUT2D eigenvalue weighted by atomic mass is 79.9. The third-order valence-corrected chi connectivity index (χ3v) is 4.96. The maximum atomic E-state index is 5.99. The van der Waals surface area contributed by atoms with E-state index in [0.717, 1.165) is 48.7 Å². The second-order valence-corrected chi connectivity index (χ2v) is 6.59. The molecule has 27 heavy (non-hydrogen) atoms. The molecule has 1 aromatic heterocycles. The number of methoxy groups -OCH3 is 1. The Bertz CT molecular complexity index is 625. The Balaban J connectivity index is 0. The normalized spacial score (nSPS) is 14.4. The van der Waals surface area contributed by atoms with Gasteiger partial charge in [-0.3, -0.25) is 0 Å². The number of likely N-dealkylation sites (tertiary alicyclic amines) is 1. The van der Waals surface area contributed by atoms with Crippen molar-refractivity contribution in [2.24, 2.45) is 0 Å². The number of nitrogens with zero attached hydrogens (tertiary/aromatic N) is 2. The van der Waals surface area contributed by atoms with Crippen LogP contribution in [0.15, 0.2) is 28.7 Å². The fourth-order valence-corrected chi connectivity index (χ4v) is 2.95. The summed E-state index contributed by atoms with van der Waals surface area (Å²) in [6.07, 6.45) is 2.36. The van der Waals surface area contributed by atoms with Crippen molar-refractivity contribution in [3.63, 3.8) is 0 Å². The van der Waals surface area contributed by atoms with E-state index in [1.54, 1.807) is 7.11 Å². The van der Waals surface area contributed by atoms with Crippen LogP contribution in [0.5, 0.6) is 5.75 Å². The van der Waals surface area contributed by atoms with Crippen molar-refractivity contribution >= 4 is 44.9 Å². The van der Waals surface area contributed by atoms with E-state index in [0.29, 0.717) is 5.92 Å². The lowest BCUT2D eigenvalue weighted by atomic mass is 9.94. The predicted octanol–water partition coefficient (Wildman–Crippen LogP) is 4.54. The molecule has 0 unspecified atom stereocenters. The van der Waals surface area contributed by atoms with Crippen molar-refractivity contribution in [3.05, 3.63) is 30.0 Å². The summed E-state index contributed by atoms with van der Waals surface area (Å²) >= 11 is 0. The maximum absolute atomic E-state index is 5.99. The van der Waals surface area contributed by atoms with E-state index in [-0.39, 0.29) is 39.4 Å². The van der Waals surface area contributed by atoms with Crippen molar-refractivity contribution in [1.82, 2.24) is 9.80 Å². The van der Waals surface area contributed by atoms with Gasteiger partial charge in [0.15, 0.2) is 0 Å². The van der Waals surface area contributed by atoms with Crippen LogP contribution in [0.3, 0.4) is 0 Å². The average molecular weight is 512 g/mol. The Hall–Kier alpha value is -0.600. The molecule has 0 bridgehead atoms. The minimum Gasteiger partial charge on any atom is -0.496 e. The standard InChI is InChI=1S/C15H19NO2.C5H13N.2BrH.H2O/c1-16-8-6-11(7-9-16)15-10-12-13(17-2)4-3-5-14(12)18-15;1-4-6(3)5-2;;;/h3-5,10-11H,6-9H2,1-2H3;4-5H2,1-3H3;2*1H;1H2.